The molecule has 5 nitrogen and oxygen atoms in total. The maximum absolute atomic E-state index is 12.8. The van der Waals surface area contributed by atoms with Crippen molar-refractivity contribution in [3.05, 3.63) is 77.9 Å². The van der Waals surface area contributed by atoms with Crippen LogP contribution in [0.15, 0.2) is 60.8 Å². The van der Waals surface area contributed by atoms with Crippen LogP contribution in [0.3, 0.4) is 0 Å². The number of pyridine rings is 1. The van der Waals surface area contributed by atoms with Gasteiger partial charge in [0.1, 0.15) is 23.9 Å². The lowest BCUT2D eigenvalue weighted by Crippen LogP contribution is -2.09. The van der Waals surface area contributed by atoms with Crippen molar-refractivity contribution in [1.29, 1.82) is 0 Å². The van der Waals surface area contributed by atoms with Crippen LogP contribution in [-0.4, -0.2) is 28.3 Å². The van der Waals surface area contributed by atoms with E-state index in [9.17, 15) is 22.0 Å². The van der Waals surface area contributed by atoms with Gasteiger partial charge in [-0.05, 0) is 29.8 Å². The highest BCUT2D eigenvalue weighted by atomic mass is 19.4. The molecule has 4 rings (SSSR count). The summed E-state index contributed by atoms with van der Waals surface area (Å²) in [6.45, 7) is -2.63. The molecule has 2 heterocycles. The summed E-state index contributed by atoms with van der Waals surface area (Å²) in [6.07, 6.45) is -3.36. The Labute approximate surface area is 185 Å². The zero-order chi connectivity index (χ0) is 23.6. The van der Waals surface area contributed by atoms with Crippen LogP contribution in [0.5, 0.6) is 5.75 Å². The predicted octanol–water partition coefficient (Wildman–Crippen LogP) is 5.91. The number of benzene rings is 2. The molecule has 0 unspecified atom stereocenters. The van der Waals surface area contributed by atoms with Crippen molar-refractivity contribution in [1.82, 2.24) is 14.5 Å². The summed E-state index contributed by atoms with van der Waals surface area (Å²) in [5.74, 6) is 0.600. The molecule has 2 aromatic heterocycles. The highest BCUT2D eigenvalue weighted by Crippen LogP contribution is 2.31. The molecule has 33 heavy (non-hydrogen) atoms. The molecule has 4 aromatic rings. The van der Waals surface area contributed by atoms with E-state index >= 15 is 0 Å². The SMILES string of the molecule is COCc1nc2ccc(-c3ccc(C(F)(F)F)nc3)cc2n1Cc1ccccc1OC(F)F. The third kappa shape index (κ3) is 4.95. The molecule has 0 bridgehead atoms. The van der Waals surface area contributed by atoms with Crippen molar-refractivity contribution in [2.75, 3.05) is 7.11 Å². The summed E-state index contributed by atoms with van der Waals surface area (Å²) in [7, 11) is 1.51. The van der Waals surface area contributed by atoms with E-state index in [0.717, 1.165) is 12.3 Å². The minimum atomic E-state index is -4.52. The number of hydrogen-bond acceptors (Lipinski definition) is 4. The van der Waals surface area contributed by atoms with Gasteiger partial charge in [0, 0.05) is 24.4 Å². The van der Waals surface area contributed by atoms with Crippen molar-refractivity contribution < 1.29 is 31.4 Å². The number of ether oxygens (including phenoxy) is 2. The van der Waals surface area contributed by atoms with Crippen molar-refractivity contribution in [3.63, 3.8) is 0 Å². The molecule has 0 N–H and O–H groups in total. The summed E-state index contributed by atoms with van der Waals surface area (Å²) in [4.78, 5) is 8.07. The zero-order valence-corrected chi connectivity index (χ0v) is 17.3. The van der Waals surface area contributed by atoms with Crippen LogP contribution >= 0.6 is 0 Å². The number of halogens is 5. The Kier molecular flexibility index (Phi) is 6.28. The van der Waals surface area contributed by atoms with Crippen molar-refractivity contribution in [3.8, 4) is 16.9 Å². The van der Waals surface area contributed by atoms with Gasteiger partial charge in [-0.1, -0.05) is 30.3 Å². The fourth-order valence-corrected chi connectivity index (χ4v) is 3.52. The van der Waals surface area contributed by atoms with Gasteiger partial charge >= 0.3 is 12.8 Å². The molecule has 0 saturated heterocycles. The molecule has 172 valence electrons. The minimum Gasteiger partial charge on any atom is -0.434 e. The second-order valence-corrected chi connectivity index (χ2v) is 7.17. The van der Waals surface area contributed by atoms with Gasteiger partial charge in [-0.25, -0.2) is 4.98 Å². The number of fused-ring (bicyclic) bond motifs is 1. The smallest absolute Gasteiger partial charge is 0.433 e. The maximum atomic E-state index is 12.8. The normalized spacial score (nSPS) is 12.0. The minimum absolute atomic E-state index is 0.0424. The first-order valence-corrected chi connectivity index (χ1v) is 9.80. The Morgan fingerprint density at radius 1 is 1.00 bits per heavy atom. The molecule has 10 heteroatoms. The van der Waals surface area contributed by atoms with E-state index < -0.39 is 18.5 Å². The highest BCUT2D eigenvalue weighted by molar-refractivity contribution is 5.82. The summed E-state index contributed by atoms with van der Waals surface area (Å²) in [5, 5.41) is 0. The van der Waals surface area contributed by atoms with Crippen LogP contribution in [-0.2, 0) is 24.1 Å². The molecule has 0 fully saturated rings. The molecular formula is C23H18F5N3O2. The van der Waals surface area contributed by atoms with Crippen LogP contribution in [0.1, 0.15) is 17.1 Å². The quantitative estimate of drug-likeness (QED) is 0.320. The number of rotatable bonds is 7. The number of nitrogens with zero attached hydrogens (tertiary/aromatic N) is 3. The van der Waals surface area contributed by atoms with Gasteiger partial charge in [0.25, 0.3) is 0 Å². The molecule has 0 aliphatic rings. The van der Waals surface area contributed by atoms with Gasteiger partial charge in [0.05, 0.1) is 17.6 Å². The number of methoxy groups -OCH3 is 1. The second-order valence-electron chi connectivity index (χ2n) is 7.17. The highest BCUT2D eigenvalue weighted by Gasteiger charge is 2.32. The van der Waals surface area contributed by atoms with E-state index in [4.69, 9.17) is 4.74 Å². The predicted molar refractivity (Wildman–Crippen MR) is 111 cm³/mol. The molecule has 0 atom stereocenters. The van der Waals surface area contributed by atoms with Gasteiger partial charge in [-0.2, -0.15) is 22.0 Å². The van der Waals surface area contributed by atoms with Gasteiger partial charge in [0.15, 0.2) is 0 Å². The van der Waals surface area contributed by atoms with Gasteiger partial charge in [-0.15, -0.1) is 0 Å². The molecule has 0 spiro atoms. The third-order valence-electron chi connectivity index (χ3n) is 5.01. The van der Waals surface area contributed by atoms with Crippen LogP contribution in [0, 0.1) is 0 Å². The number of aromatic nitrogens is 3. The molecule has 0 amide bonds. The van der Waals surface area contributed by atoms with Crippen LogP contribution in [0.2, 0.25) is 0 Å². The topological polar surface area (TPSA) is 49.2 Å². The van der Waals surface area contributed by atoms with E-state index in [-0.39, 0.29) is 18.9 Å². The Bertz CT molecular complexity index is 1250. The van der Waals surface area contributed by atoms with Crippen molar-refractivity contribution in [2.24, 2.45) is 0 Å². The van der Waals surface area contributed by atoms with Gasteiger partial charge in [0.2, 0.25) is 0 Å². The van der Waals surface area contributed by atoms with Crippen LogP contribution in [0.4, 0.5) is 22.0 Å². The molecule has 2 aromatic carbocycles. The number of hydrogen-bond donors (Lipinski definition) is 0. The summed E-state index contributed by atoms with van der Waals surface area (Å²) in [6, 6.07) is 13.9. The zero-order valence-electron chi connectivity index (χ0n) is 17.3. The standard InChI is InChI=1S/C23H18F5N3O2/c1-32-13-21-30-17-8-6-14(15-7-9-20(29-11-15)23(26,27)28)10-18(17)31(21)12-16-4-2-3-5-19(16)33-22(24)25/h2-11,22H,12-13H2,1H3. The summed E-state index contributed by atoms with van der Waals surface area (Å²) in [5.41, 5.74) is 1.94. The largest absolute Gasteiger partial charge is 0.434 e. The molecule has 0 aliphatic heterocycles. The monoisotopic (exact) mass is 463 g/mol. The Hall–Kier alpha value is -3.53. The lowest BCUT2D eigenvalue weighted by Gasteiger charge is -2.14. The summed E-state index contributed by atoms with van der Waals surface area (Å²) >= 11 is 0. The molecule has 0 radical (unpaired) electrons. The van der Waals surface area contributed by atoms with Crippen LogP contribution in [0.25, 0.3) is 22.2 Å². The fourth-order valence-electron chi connectivity index (χ4n) is 3.52. The van der Waals surface area contributed by atoms with E-state index in [0.29, 0.717) is 33.5 Å². The first-order chi connectivity index (χ1) is 15.8. The molecular weight excluding hydrogens is 445 g/mol. The van der Waals surface area contributed by atoms with Gasteiger partial charge < -0.3 is 14.0 Å². The first kappa shape index (κ1) is 22.7. The second kappa shape index (κ2) is 9.14. The maximum Gasteiger partial charge on any atom is 0.433 e. The van der Waals surface area contributed by atoms with E-state index in [1.165, 1.54) is 19.2 Å². The van der Waals surface area contributed by atoms with E-state index in [1.54, 1.807) is 41.0 Å². The van der Waals surface area contributed by atoms with Crippen LogP contribution < -0.4 is 4.74 Å². The Morgan fingerprint density at radius 2 is 1.76 bits per heavy atom. The first-order valence-electron chi connectivity index (χ1n) is 9.80. The number of imidazole rings is 1. The van der Waals surface area contributed by atoms with E-state index in [2.05, 4.69) is 14.7 Å². The van der Waals surface area contributed by atoms with Gasteiger partial charge in [-0.3, -0.25) is 4.98 Å². The van der Waals surface area contributed by atoms with E-state index in [1.807, 2.05) is 0 Å². The average Bonchev–Trinajstić information content (AvgIpc) is 3.11. The number of alkyl halides is 5. The lowest BCUT2D eigenvalue weighted by molar-refractivity contribution is -0.141. The van der Waals surface area contributed by atoms with Crippen molar-refractivity contribution in [2.45, 2.75) is 25.9 Å². The number of para-hydroxylation sites is 1. The third-order valence-corrected chi connectivity index (χ3v) is 5.01. The fraction of sp³-hybridized carbons (Fsp3) is 0.217. The Morgan fingerprint density at radius 3 is 2.42 bits per heavy atom. The van der Waals surface area contributed by atoms with Crippen molar-refractivity contribution >= 4 is 11.0 Å². The summed E-state index contributed by atoms with van der Waals surface area (Å²) < 4.78 is 75.9. The lowest BCUT2D eigenvalue weighted by atomic mass is 10.1. The molecule has 0 aliphatic carbocycles. The molecule has 0 saturated carbocycles. The average molecular weight is 463 g/mol. The Balaban J connectivity index is 1.77.